The van der Waals surface area contributed by atoms with Crippen LogP contribution in [0.15, 0.2) is 12.7 Å². The number of ether oxygens (including phenoxy) is 1. The molecule has 0 aromatic carbocycles. The van der Waals surface area contributed by atoms with Crippen LogP contribution >= 0.6 is 23.5 Å². The molecule has 2 aliphatic heterocycles. The highest BCUT2D eigenvalue weighted by Crippen LogP contribution is 2.37. The van der Waals surface area contributed by atoms with Gasteiger partial charge in [-0.15, -0.1) is 6.58 Å². The molecule has 0 radical (unpaired) electrons. The Labute approximate surface area is 120 Å². The summed E-state index contributed by atoms with van der Waals surface area (Å²) in [5, 5.41) is 3.71. The van der Waals surface area contributed by atoms with Crippen LogP contribution in [0.1, 0.15) is 25.7 Å². The molecular weight excluding hydrogens is 262 g/mol. The maximum absolute atomic E-state index is 6.11. The van der Waals surface area contributed by atoms with E-state index in [9.17, 15) is 0 Å². The Morgan fingerprint density at radius 1 is 1.44 bits per heavy atom. The van der Waals surface area contributed by atoms with Crippen molar-refractivity contribution in [3.8, 4) is 0 Å². The quantitative estimate of drug-likeness (QED) is 0.599. The summed E-state index contributed by atoms with van der Waals surface area (Å²) in [6.07, 6.45) is 6.89. The molecule has 1 unspecified atom stereocenters. The van der Waals surface area contributed by atoms with Crippen LogP contribution in [-0.4, -0.2) is 47.8 Å². The van der Waals surface area contributed by atoms with Crippen molar-refractivity contribution in [1.29, 1.82) is 0 Å². The second kappa shape index (κ2) is 7.83. The molecule has 2 rings (SSSR count). The highest BCUT2D eigenvalue weighted by Gasteiger charge is 2.38. The zero-order chi connectivity index (χ0) is 12.7. The van der Waals surface area contributed by atoms with E-state index < -0.39 is 0 Å². The van der Waals surface area contributed by atoms with Gasteiger partial charge in [0.1, 0.15) is 0 Å². The standard InChI is InChI=1S/C14H25NOS2/c1-2-8-17-11-6-15-13-3-7-16-14(12-13)4-9-18-10-5-14/h2,13,15H,1,3-12H2. The number of nitrogens with one attached hydrogen (secondary N) is 1. The van der Waals surface area contributed by atoms with Gasteiger partial charge in [0.15, 0.2) is 0 Å². The van der Waals surface area contributed by atoms with Crippen molar-refractivity contribution in [1.82, 2.24) is 5.32 Å². The molecule has 4 heteroatoms. The smallest absolute Gasteiger partial charge is 0.0713 e. The van der Waals surface area contributed by atoms with Crippen LogP contribution in [0.4, 0.5) is 0 Å². The summed E-state index contributed by atoms with van der Waals surface area (Å²) in [4.78, 5) is 0. The minimum Gasteiger partial charge on any atom is -0.375 e. The van der Waals surface area contributed by atoms with Crippen molar-refractivity contribution in [3.63, 3.8) is 0 Å². The van der Waals surface area contributed by atoms with E-state index in [-0.39, 0.29) is 5.60 Å². The Morgan fingerprint density at radius 3 is 3.06 bits per heavy atom. The van der Waals surface area contributed by atoms with Crippen molar-refractivity contribution < 1.29 is 4.74 Å². The van der Waals surface area contributed by atoms with Crippen molar-refractivity contribution in [2.45, 2.75) is 37.3 Å². The van der Waals surface area contributed by atoms with Crippen molar-refractivity contribution in [2.24, 2.45) is 0 Å². The second-order valence-corrected chi connectivity index (χ2v) is 7.53. The molecule has 1 atom stereocenters. The SMILES string of the molecule is C=CCSCCNC1CCOC2(CCSCC2)C1. The monoisotopic (exact) mass is 287 g/mol. The average Bonchev–Trinajstić information content (AvgIpc) is 2.40. The highest BCUT2D eigenvalue weighted by atomic mass is 32.2. The van der Waals surface area contributed by atoms with Crippen LogP contribution < -0.4 is 5.32 Å². The molecule has 18 heavy (non-hydrogen) atoms. The molecule has 0 saturated carbocycles. The summed E-state index contributed by atoms with van der Waals surface area (Å²) in [6.45, 7) is 5.81. The summed E-state index contributed by atoms with van der Waals surface area (Å²) in [5.41, 5.74) is 0.218. The summed E-state index contributed by atoms with van der Waals surface area (Å²) < 4.78 is 6.11. The lowest BCUT2D eigenvalue weighted by atomic mass is 9.85. The molecule has 2 nitrogen and oxygen atoms in total. The molecule has 104 valence electrons. The van der Waals surface area contributed by atoms with Crippen LogP contribution in [0.2, 0.25) is 0 Å². The van der Waals surface area contributed by atoms with Crippen molar-refractivity contribution >= 4 is 23.5 Å². The lowest BCUT2D eigenvalue weighted by Gasteiger charge is -2.43. The Hall–Kier alpha value is 0.360. The van der Waals surface area contributed by atoms with Gasteiger partial charge in [-0.1, -0.05) is 6.08 Å². The van der Waals surface area contributed by atoms with Crippen molar-refractivity contribution in [2.75, 3.05) is 36.2 Å². The Balaban J connectivity index is 1.68. The van der Waals surface area contributed by atoms with E-state index in [0.29, 0.717) is 6.04 Å². The van der Waals surface area contributed by atoms with Crippen LogP contribution in [0.5, 0.6) is 0 Å². The largest absolute Gasteiger partial charge is 0.375 e. The molecule has 2 aliphatic rings. The Kier molecular flexibility index (Phi) is 6.42. The van der Waals surface area contributed by atoms with Gasteiger partial charge in [-0.3, -0.25) is 0 Å². The third-order valence-corrected chi connectivity index (χ3v) is 5.76. The predicted octanol–water partition coefficient (Wildman–Crippen LogP) is 2.94. The lowest BCUT2D eigenvalue weighted by molar-refractivity contribution is -0.0929. The van der Waals surface area contributed by atoms with E-state index in [1.54, 1.807) is 0 Å². The first-order valence-electron chi connectivity index (χ1n) is 6.98. The molecule has 0 aromatic heterocycles. The first-order chi connectivity index (χ1) is 8.85. The van der Waals surface area contributed by atoms with Crippen LogP contribution in [0, 0.1) is 0 Å². The van der Waals surface area contributed by atoms with E-state index in [4.69, 9.17) is 4.74 Å². The maximum Gasteiger partial charge on any atom is 0.0713 e. The summed E-state index contributed by atoms with van der Waals surface area (Å²) in [6, 6.07) is 0.672. The molecule has 0 amide bonds. The summed E-state index contributed by atoms with van der Waals surface area (Å²) in [7, 11) is 0. The number of hydrogen-bond acceptors (Lipinski definition) is 4. The zero-order valence-corrected chi connectivity index (χ0v) is 12.8. The summed E-state index contributed by atoms with van der Waals surface area (Å²) in [5.74, 6) is 4.81. The van der Waals surface area contributed by atoms with Gasteiger partial charge < -0.3 is 10.1 Å². The van der Waals surface area contributed by atoms with E-state index in [2.05, 4.69) is 23.7 Å². The van der Waals surface area contributed by atoms with Crippen molar-refractivity contribution in [3.05, 3.63) is 12.7 Å². The summed E-state index contributed by atoms with van der Waals surface area (Å²) >= 11 is 4.03. The highest BCUT2D eigenvalue weighted by molar-refractivity contribution is 7.99. The van der Waals surface area contributed by atoms with Crippen LogP contribution in [0.3, 0.4) is 0 Å². The van der Waals surface area contributed by atoms with E-state index in [1.165, 1.54) is 42.9 Å². The molecular formula is C14H25NOS2. The molecule has 0 aromatic rings. The predicted molar refractivity (Wildman–Crippen MR) is 83.8 cm³/mol. The van der Waals surface area contributed by atoms with Gasteiger partial charge in [0.25, 0.3) is 0 Å². The fraction of sp³-hybridized carbons (Fsp3) is 0.857. The molecule has 0 aliphatic carbocycles. The topological polar surface area (TPSA) is 21.3 Å². The second-order valence-electron chi connectivity index (χ2n) is 5.15. The number of hydrogen-bond donors (Lipinski definition) is 1. The van der Waals surface area contributed by atoms with Crippen LogP contribution in [-0.2, 0) is 4.74 Å². The molecule has 1 spiro atoms. The van der Waals surface area contributed by atoms with Gasteiger partial charge in [0, 0.05) is 30.7 Å². The fourth-order valence-electron chi connectivity index (χ4n) is 2.80. The third-order valence-electron chi connectivity index (χ3n) is 3.81. The van der Waals surface area contributed by atoms with E-state index >= 15 is 0 Å². The first-order valence-corrected chi connectivity index (χ1v) is 9.29. The minimum absolute atomic E-state index is 0.218. The first kappa shape index (κ1) is 14.8. The Bertz CT molecular complexity index is 249. The molecule has 2 fully saturated rings. The van der Waals surface area contributed by atoms with Gasteiger partial charge >= 0.3 is 0 Å². The van der Waals surface area contributed by atoms with E-state index in [1.807, 2.05) is 17.8 Å². The zero-order valence-electron chi connectivity index (χ0n) is 11.2. The van der Waals surface area contributed by atoms with Gasteiger partial charge in [0.2, 0.25) is 0 Å². The minimum atomic E-state index is 0.218. The molecule has 2 heterocycles. The third kappa shape index (κ3) is 4.48. The van der Waals surface area contributed by atoms with Gasteiger partial charge in [-0.05, 0) is 37.2 Å². The lowest BCUT2D eigenvalue weighted by Crippen LogP contribution is -2.49. The Morgan fingerprint density at radius 2 is 2.28 bits per heavy atom. The molecule has 1 N–H and O–H groups in total. The average molecular weight is 287 g/mol. The fourth-order valence-corrected chi connectivity index (χ4v) is 4.63. The van der Waals surface area contributed by atoms with E-state index in [0.717, 1.165) is 18.9 Å². The number of thioether (sulfide) groups is 2. The van der Waals surface area contributed by atoms with Gasteiger partial charge in [0.05, 0.1) is 5.60 Å². The normalized spacial score (nSPS) is 27.2. The van der Waals surface area contributed by atoms with Gasteiger partial charge in [-0.25, -0.2) is 0 Å². The maximum atomic E-state index is 6.11. The molecule has 2 saturated heterocycles. The number of rotatable bonds is 6. The van der Waals surface area contributed by atoms with Gasteiger partial charge in [-0.2, -0.15) is 23.5 Å². The molecule has 0 bridgehead atoms. The van der Waals surface area contributed by atoms with Crippen LogP contribution in [0.25, 0.3) is 0 Å².